The van der Waals surface area contributed by atoms with E-state index in [2.05, 4.69) is 12.2 Å². The summed E-state index contributed by atoms with van der Waals surface area (Å²) in [5, 5.41) is 12.8. The van der Waals surface area contributed by atoms with Crippen LogP contribution >= 0.6 is 0 Å². The van der Waals surface area contributed by atoms with Crippen molar-refractivity contribution in [1.29, 1.82) is 0 Å². The van der Waals surface area contributed by atoms with Crippen LogP contribution in [0.25, 0.3) is 0 Å². The van der Waals surface area contributed by atoms with Crippen LogP contribution in [0.2, 0.25) is 0 Å². The van der Waals surface area contributed by atoms with E-state index in [1.54, 1.807) is 12.1 Å². The van der Waals surface area contributed by atoms with Crippen molar-refractivity contribution in [2.24, 2.45) is 5.92 Å². The molecule has 0 aromatic heterocycles. The van der Waals surface area contributed by atoms with Crippen molar-refractivity contribution in [3.63, 3.8) is 0 Å². The summed E-state index contributed by atoms with van der Waals surface area (Å²) in [6.07, 6.45) is 5.55. The van der Waals surface area contributed by atoms with Crippen LogP contribution in [0, 0.1) is 5.92 Å². The van der Waals surface area contributed by atoms with Crippen LogP contribution in [0.5, 0.6) is 5.75 Å². The average molecular weight is 219 g/mol. The summed E-state index contributed by atoms with van der Waals surface area (Å²) in [5.41, 5.74) is 1.24. The van der Waals surface area contributed by atoms with Gasteiger partial charge in [0.1, 0.15) is 5.75 Å². The number of phenolic OH excluding ortho intramolecular Hbond substituents is 1. The largest absolute Gasteiger partial charge is 0.508 e. The topological polar surface area (TPSA) is 32.3 Å². The summed E-state index contributed by atoms with van der Waals surface area (Å²) in [7, 11) is 0. The number of hydrogen-bond acceptors (Lipinski definition) is 2. The zero-order chi connectivity index (χ0) is 11.4. The van der Waals surface area contributed by atoms with E-state index in [9.17, 15) is 5.11 Å². The van der Waals surface area contributed by atoms with Crippen LogP contribution in [-0.2, 0) is 6.54 Å². The summed E-state index contributed by atoms with van der Waals surface area (Å²) in [5.74, 6) is 1.20. The molecule has 1 aliphatic rings. The molecule has 2 nitrogen and oxygen atoms in total. The van der Waals surface area contributed by atoms with Crippen LogP contribution in [-0.4, -0.2) is 11.1 Å². The lowest BCUT2D eigenvalue weighted by molar-refractivity contribution is 0.380. The second-order valence-corrected chi connectivity index (χ2v) is 4.88. The lowest BCUT2D eigenvalue weighted by Gasteiger charge is -2.20. The monoisotopic (exact) mass is 219 g/mol. The van der Waals surface area contributed by atoms with Gasteiger partial charge in [0, 0.05) is 12.6 Å². The zero-order valence-electron chi connectivity index (χ0n) is 9.95. The molecule has 0 bridgehead atoms. The highest BCUT2D eigenvalue weighted by Crippen LogP contribution is 2.27. The molecule has 0 amide bonds. The van der Waals surface area contributed by atoms with Crippen molar-refractivity contribution in [3.8, 4) is 5.75 Å². The molecule has 0 unspecified atom stereocenters. The van der Waals surface area contributed by atoms with Gasteiger partial charge in [0.25, 0.3) is 0 Å². The van der Waals surface area contributed by atoms with E-state index in [1.165, 1.54) is 31.2 Å². The fraction of sp³-hybridized carbons (Fsp3) is 0.571. The second kappa shape index (κ2) is 5.35. The maximum Gasteiger partial charge on any atom is 0.115 e. The third-order valence-electron chi connectivity index (χ3n) is 3.67. The molecule has 1 aliphatic carbocycles. The number of hydrogen-bond donors (Lipinski definition) is 2. The van der Waals surface area contributed by atoms with Crippen LogP contribution < -0.4 is 5.32 Å². The standard InChI is InChI=1S/C14H21NO/c1-11(13-4-2-3-5-13)15-10-12-6-8-14(16)9-7-12/h6-9,11,13,15-16H,2-5,10H2,1H3/t11-/m0/s1. The molecule has 88 valence electrons. The second-order valence-electron chi connectivity index (χ2n) is 4.88. The van der Waals surface area contributed by atoms with Crippen LogP contribution in [0.1, 0.15) is 38.2 Å². The summed E-state index contributed by atoms with van der Waals surface area (Å²) in [6.45, 7) is 3.19. The minimum absolute atomic E-state index is 0.340. The Morgan fingerprint density at radius 3 is 2.50 bits per heavy atom. The first kappa shape index (κ1) is 11.5. The maximum absolute atomic E-state index is 9.19. The van der Waals surface area contributed by atoms with Gasteiger partial charge in [0.05, 0.1) is 0 Å². The SMILES string of the molecule is C[C@H](NCc1ccc(O)cc1)C1CCCC1. The van der Waals surface area contributed by atoms with Gasteiger partial charge in [-0.25, -0.2) is 0 Å². The highest BCUT2D eigenvalue weighted by atomic mass is 16.3. The van der Waals surface area contributed by atoms with Crippen molar-refractivity contribution >= 4 is 0 Å². The van der Waals surface area contributed by atoms with Crippen molar-refractivity contribution in [3.05, 3.63) is 29.8 Å². The smallest absolute Gasteiger partial charge is 0.115 e. The zero-order valence-corrected chi connectivity index (χ0v) is 9.95. The Hall–Kier alpha value is -1.02. The number of nitrogens with one attached hydrogen (secondary N) is 1. The molecule has 0 aliphatic heterocycles. The van der Waals surface area contributed by atoms with Gasteiger partial charge in [0.2, 0.25) is 0 Å². The summed E-state index contributed by atoms with van der Waals surface area (Å²) < 4.78 is 0. The Balaban J connectivity index is 1.80. The molecule has 1 aromatic rings. The minimum atomic E-state index is 0.340. The van der Waals surface area contributed by atoms with E-state index in [0.29, 0.717) is 11.8 Å². The van der Waals surface area contributed by atoms with Gasteiger partial charge < -0.3 is 10.4 Å². The average Bonchev–Trinajstić information content (AvgIpc) is 2.81. The third-order valence-corrected chi connectivity index (χ3v) is 3.67. The molecule has 0 spiro atoms. The summed E-state index contributed by atoms with van der Waals surface area (Å²) in [6, 6.07) is 8.05. The first-order chi connectivity index (χ1) is 7.75. The molecular formula is C14H21NO. The first-order valence-electron chi connectivity index (χ1n) is 6.27. The van der Waals surface area contributed by atoms with Crippen LogP contribution in [0.4, 0.5) is 0 Å². The molecule has 2 N–H and O–H groups in total. The van der Waals surface area contributed by atoms with E-state index >= 15 is 0 Å². The predicted molar refractivity (Wildman–Crippen MR) is 66.4 cm³/mol. The van der Waals surface area contributed by atoms with Crippen molar-refractivity contribution in [1.82, 2.24) is 5.32 Å². The molecule has 2 heteroatoms. The lowest BCUT2D eigenvalue weighted by Crippen LogP contribution is -2.31. The lowest BCUT2D eigenvalue weighted by atomic mass is 9.99. The first-order valence-corrected chi connectivity index (χ1v) is 6.27. The molecule has 16 heavy (non-hydrogen) atoms. The Morgan fingerprint density at radius 2 is 1.88 bits per heavy atom. The fourth-order valence-corrected chi connectivity index (χ4v) is 2.52. The van der Waals surface area contributed by atoms with Crippen LogP contribution in [0.3, 0.4) is 0 Å². The number of aromatic hydroxyl groups is 1. The molecule has 2 rings (SSSR count). The Labute approximate surface area is 97.7 Å². The van der Waals surface area contributed by atoms with Gasteiger partial charge in [-0.2, -0.15) is 0 Å². The summed E-state index contributed by atoms with van der Waals surface area (Å²) in [4.78, 5) is 0. The highest BCUT2D eigenvalue weighted by Gasteiger charge is 2.20. The van der Waals surface area contributed by atoms with E-state index in [0.717, 1.165) is 12.5 Å². The number of rotatable bonds is 4. The minimum Gasteiger partial charge on any atom is -0.508 e. The van der Waals surface area contributed by atoms with Gasteiger partial charge >= 0.3 is 0 Å². The highest BCUT2D eigenvalue weighted by molar-refractivity contribution is 5.25. The molecule has 0 heterocycles. The van der Waals surface area contributed by atoms with Gasteiger partial charge in [0.15, 0.2) is 0 Å². The van der Waals surface area contributed by atoms with Crippen LogP contribution in [0.15, 0.2) is 24.3 Å². The Bertz CT molecular complexity index is 314. The van der Waals surface area contributed by atoms with Gasteiger partial charge in [-0.05, 0) is 43.4 Å². The molecule has 0 radical (unpaired) electrons. The Kier molecular flexibility index (Phi) is 3.83. The van der Waals surface area contributed by atoms with Gasteiger partial charge in [-0.1, -0.05) is 25.0 Å². The van der Waals surface area contributed by atoms with E-state index in [4.69, 9.17) is 0 Å². The molecule has 1 aromatic carbocycles. The van der Waals surface area contributed by atoms with E-state index < -0.39 is 0 Å². The number of phenols is 1. The van der Waals surface area contributed by atoms with Crippen molar-refractivity contribution in [2.75, 3.05) is 0 Å². The van der Waals surface area contributed by atoms with E-state index in [-0.39, 0.29) is 0 Å². The normalized spacial score (nSPS) is 18.8. The van der Waals surface area contributed by atoms with Gasteiger partial charge in [-0.3, -0.25) is 0 Å². The molecule has 1 fully saturated rings. The number of benzene rings is 1. The molecule has 1 saturated carbocycles. The summed E-state index contributed by atoms with van der Waals surface area (Å²) >= 11 is 0. The molecule has 0 saturated heterocycles. The fourth-order valence-electron chi connectivity index (χ4n) is 2.52. The maximum atomic E-state index is 9.19. The quantitative estimate of drug-likeness (QED) is 0.815. The molecule has 1 atom stereocenters. The third kappa shape index (κ3) is 2.99. The Morgan fingerprint density at radius 1 is 1.25 bits per heavy atom. The molecular weight excluding hydrogens is 198 g/mol. The van der Waals surface area contributed by atoms with Crippen molar-refractivity contribution < 1.29 is 5.11 Å². The predicted octanol–water partition coefficient (Wildman–Crippen LogP) is 3.06. The van der Waals surface area contributed by atoms with Crippen molar-refractivity contribution in [2.45, 2.75) is 45.2 Å². The van der Waals surface area contributed by atoms with E-state index in [1.807, 2.05) is 12.1 Å². The van der Waals surface area contributed by atoms with Gasteiger partial charge in [-0.15, -0.1) is 0 Å².